The highest BCUT2D eigenvalue weighted by molar-refractivity contribution is 5.48. The van der Waals surface area contributed by atoms with Crippen LogP contribution in [0.4, 0.5) is 0 Å². The number of unbranched alkanes of at least 4 members (excludes halogenated alkanes) is 9. The Balaban J connectivity index is 1.71. The van der Waals surface area contributed by atoms with E-state index in [2.05, 4.69) is 0 Å². The fraction of sp³-hybridized carbons (Fsp3) is 0.941. The van der Waals surface area contributed by atoms with Gasteiger partial charge in [0.1, 0.15) is 6.29 Å². The molecule has 0 amide bonds. The van der Waals surface area contributed by atoms with Crippen LogP contribution in [0.3, 0.4) is 0 Å². The largest absolute Gasteiger partial charge is 0.353 e. The second-order valence-corrected chi connectivity index (χ2v) is 5.80. The van der Waals surface area contributed by atoms with Crippen molar-refractivity contribution in [3.05, 3.63) is 0 Å². The Morgan fingerprint density at radius 3 is 2.15 bits per heavy atom. The third kappa shape index (κ3) is 10.4. The lowest BCUT2D eigenvalue weighted by Crippen LogP contribution is -2.22. The number of carbonyl (C=O) groups is 1. The van der Waals surface area contributed by atoms with E-state index in [4.69, 9.17) is 9.47 Å². The Morgan fingerprint density at radius 2 is 1.55 bits per heavy atom. The van der Waals surface area contributed by atoms with Crippen molar-refractivity contribution < 1.29 is 14.3 Å². The first-order valence-electron chi connectivity index (χ1n) is 8.60. The van der Waals surface area contributed by atoms with Gasteiger partial charge in [-0.2, -0.15) is 0 Å². The average Bonchev–Trinajstić information content (AvgIpc) is 2.49. The van der Waals surface area contributed by atoms with Crippen LogP contribution in [0, 0.1) is 0 Å². The average molecular weight is 284 g/mol. The highest BCUT2D eigenvalue weighted by Crippen LogP contribution is 2.15. The van der Waals surface area contributed by atoms with Gasteiger partial charge in [0.05, 0.1) is 0 Å². The van der Waals surface area contributed by atoms with Gasteiger partial charge in [-0.05, 0) is 32.1 Å². The molecule has 0 aromatic heterocycles. The van der Waals surface area contributed by atoms with Crippen molar-refractivity contribution in [1.29, 1.82) is 0 Å². The van der Waals surface area contributed by atoms with Crippen LogP contribution in [0.15, 0.2) is 0 Å². The normalized spacial score (nSPS) is 19.1. The highest BCUT2D eigenvalue weighted by atomic mass is 16.7. The Bertz CT molecular complexity index is 212. The van der Waals surface area contributed by atoms with E-state index in [0.717, 1.165) is 38.8 Å². The third-order valence-electron chi connectivity index (χ3n) is 3.91. The maximum atomic E-state index is 10.1. The molecule has 3 nitrogen and oxygen atoms in total. The minimum Gasteiger partial charge on any atom is -0.353 e. The van der Waals surface area contributed by atoms with Gasteiger partial charge < -0.3 is 14.3 Å². The molecule has 0 saturated carbocycles. The fourth-order valence-corrected chi connectivity index (χ4v) is 2.62. The zero-order chi connectivity index (χ0) is 14.3. The first-order valence-corrected chi connectivity index (χ1v) is 8.60. The van der Waals surface area contributed by atoms with E-state index in [9.17, 15) is 4.79 Å². The lowest BCUT2D eigenvalue weighted by Gasteiger charge is -2.22. The van der Waals surface area contributed by atoms with Crippen LogP contribution in [0.5, 0.6) is 0 Å². The second-order valence-electron chi connectivity index (χ2n) is 5.80. The van der Waals surface area contributed by atoms with Crippen molar-refractivity contribution in [3.8, 4) is 0 Å². The van der Waals surface area contributed by atoms with Crippen LogP contribution < -0.4 is 0 Å². The lowest BCUT2D eigenvalue weighted by molar-refractivity contribution is -0.162. The van der Waals surface area contributed by atoms with E-state index in [0.29, 0.717) is 0 Å². The molecule has 0 N–H and O–H groups in total. The molecule has 0 radical (unpaired) electrons. The van der Waals surface area contributed by atoms with Gasteiger partial charge in [-0.3, -0.25) is 0 Å². The van der Waals surface area contributed by atoms with E-state index in [1.165, 1.54) is 64.2 Å². The van der Waals surface area contributed by atoms with Gasteiger partial charge in [0, 0.05) is 19.6 Å². The number of hydrogen-bond donors (Lipinski definition) is 0. The van der Waals surface area contributed by atoms with Crippen LogP contribution in [-0.4, -0.2) is 25.8 Å². The fourth-order valence-electron chi connectivity index (χ4n) is 2.62. The zero-order valence-electron chi connectivity index (χ0n) is 13.0. The number of ether oxygens (including phenoxy) is 2. The summed E-state index contributed by atoms with van der Waals surface area (Å²) in [6, 6.07) is 0. The summed E-state index contributed by atoms with van der Waals surface area (Å²) < 4.78 is 11.2. The van der Waals surface area contributed by atoms with Crippen molar-refractivity contribution in [2.75, 3.05) is 13.2 Å². The highest BCUT2D eigenvalue weighted by Gasteiger charge is 2.13. The molecule has 1 aliphatic heterocycles. The molecule has 0 spiro atoms. The van der Waals surface area contributed by atoms with Crippen LogP contribution >= 0.6 is 0 Å². The maximum Gasteiger partial charge on any atom is 0.157 e. The molecule has 118 valence electrons. The number of carbonyl (C=O) groups excluding carboxylic acids is 1. The van der Waals surface area contributed by atoms with Gasteiger partial charge in [0.15, 0.2) is 6.29 Å². The number of rotatable bonds is 13. The molecule has 3 heteroatoms. The van der Waals surface area contributed by atoms with Gasteiger partial charge in [-0.25, -0.2) is 0 Å². The summed E-state index contributed by atoms with van der Waals surface area (Å²) in [6.45, 7) is 1.73. The molecule has 0 aromatic carbocycles. The summed E-state index contributed by atoms with van der Waals surface area (Å²) in [7, 11) is 0. The smallest absolute Gasteiger partial charge is 0.157 e. The van der Waals surface area contributed by atoms with Gasteiger partial charge in [-0.15, -0.1) is 0 Å². The quantitative estimate of drug-likeness (QED) is 0.365. The summed E-state index contributed by atoms with van der Waals surface area (Å²) in [4.78, 5) is 10.1. The Hall–Kier alpha value is -0.410. The van der Waals surface area contributed by atoms with Crippen LogP contribution in [0.2, 0.25) is 0 Å². The topological polar surface area (TPSA) is 35.5 Å². The predicted octanol–water partition coefficient (Wildman–Crippen LogP) is 4.63. The maximum absolute atomic E-state index is 10.1. The van der Waals surface area contributed by atoms with Crippen LogP contribution in [0.1, 0.15) is 83.5 Å². The Morgan fingerprint density at radius 1 is 0.900 bits per heavy atom. The minimum atomic E-state index is 0.0788. The van der Waals surface area contributed by atoms with E-state index in [-0.39, 0.29) is 6.29 Å². The van der Waals surface area contributed by atoms with Crippen LogP contribution in [-0.2, 0) is 14.3 Å². The summed E-state index contributed by atoms with van der Waals surface area (Å²) in [5.74, 6) is 0. The second kappa shape index (κ2) is 13.6. The first-order chi connectivity index (χ1) is 9.93. The SMILES string of the molecule is O=CCCCCCCCCCCCOC1CCCCO1. The molecule has 0 aromatic rings. The van der Waals surface area contributed by atoms with Crippen molar-refractivity contribution in [2.45, 2.75) is 89.8 Å². The zero-order valence-corrected chi connectivity index (χ0v) is 13.0. The molecule has 1 saturated heterocycles. The first kappa shape index (κ1) is 17.6. The molecule has 20 heavy (non-hydrogen) atoms. The van der Waals surface area contributed by atoms with Crippen molar-refractivity contribution in [1.82, 2.24) is 0 Å². The summed E-state index contributed by atoms with van der Waals surface area (Å²) in [5, 5.41) is 0. The van der Waals surface area contributed by atoms with Crippen molar-refractivity contribution in [2.24, 2.45) is 0 Å². The molecule has 1 rings (SSSR count). The third-order valence-corrected chi connectivity index (χ3v) is 3.91. The van der Waals surface area contributed by atoms with Gasteiger partial charge >= 0.3 is 0 Å². The van der Waals surface area contributed by atoms with Crippen molar-refractivity contribution in [3.63, 3.8) is 0 Å². The van der Waals surface area contributed by atoms with Crippen LogP contribution in [0.25, 0.3) is 0 Å². The summed E-state index contributed by atoms with van der Waals surface area (Å²) in [6.07, 6.45) is 16.7. The lowest BCUT2D eigenvalue weighted by atomic mass is 10.1. The Kier molecular flexibility index (Phi) is 12.0. The monoisotopic (exact) mass is 284 g/mol. The van der Waals surface area contributed by atoms with E-state index in [1.807, 2.05) is 0 Å². The predicted molar refractivity (Wildman–Crippen MR) is 81.8 cm³/mol. The molecule has 0 aliphatic carbocycles. The molecule has 1 atom stereocenters. The van der Waals surface area contributed by atoms with Gasteiger partial charge in [0.25, 0.3) is 0 Å². The molecule has 1 aliphatic rings. The Labute approximate surface area is 124 Å². The standard InChI is InChI=1S/C17H32O3/c18-14-10-7-5-3-1-2-4-6-8-11-15-19-17-13-9-12-16-20-17/h14,17H,1-13,15-16H2. The molecule has 1 fully saturated rings. The molecule has 1 unspecified atom stereocenters. The molecule has 1 heterocycles. The molecular formula is C17H32O3. The molecular weight excluding hydrogens is 252 g/mol. The van der Waals surface area contributed by atoms with Crippen molar-refractivity contribution >= 4 is 6.29 Å². The summed E-state index contributed by atoms with van der Waals surface area (Å²) in [5.41, 5.74) is 0. The van der Waals surface area contributed by atoms with Gasteiger partial charge in [0.2, 0.25) is 0 Å². The number of aldehydes is 1. The van der Waals surface area contributed by atoms with Gasteiger partial charge in [-0.1, -0.05) is 44.9 Å². The molecule has 0 bridgehead atoms. The van der Waals surface area contributed by atoms with E-state index in [1.54, 1.807) is 0 Å². The summed E-state index contributed by atoms with van der Waals surface area (Å²) >= 11 is 0. The van der Waals surface area contributed by atoms with E-state index >= 15 is 0 Å². The minimum absolute atomic E-state index is 0.0788. The van der Waals surface area contributed by atoms with E-state index < -0.39 is 0 Å². The number of hydrogen-bond acceptors (Lipinski definition) is 3.